The van der Waals surface area contributed by atoms with Gasteiger partial charge in [0.2, 0.25) is 0 Å². The number of nitrogen functional groups attached to an aromatic ring is 1. The second-order valence-corrected chi connectivity index (χ2v) is 7.11. The largest absolute Gasteiger partial charge is 0.397 e. The third-order valence-electron chi connectivity index (χ3n) is 4.03. The van der Waals surface area contributed by atoms with Crippen molar-refractivity contribution < 1.29 is 4.79 Å². The quantitative estimate of drug-likeness (QED) is 0.864. The summed E-state index contributed by atoms with van der Waals surface area (Å²) >= 11 is 1.42. The molecular formula is C15H24N2OS. The van der Waals surface area contributed by atoms with Gasteiger partial charge in [-0.25, -0.2) is 0 Å². The zero-order valence-electron chi connectivity index (χ0n) is 11.9. The minimum atomic E-state index is -0.0115. The molecule has 1 aromatic heterocycles. The van der Waals surface area contributed by atoms with Crippen LogP contribution in [0, 0.1) is 11.3 Å². The third-order valence-corrected chi connectivity index (χ3v) is 4.96. The zero-order chi connectivity index (χ0) is 13.9. The summed E-state index contributed by atoms with van der Waals surface area (Å²) in [5.41, 5.74) is 6.69. The average Bonchev–Trinajstić information content (AvgIpc) is 2.95. The van der Waals surface area contributed by atoms with Gasteiger partial charge in [0.1, 0.15) is 4.88 Å². The van der Waals surface area contributed by atoms with Gasteiger partial charge in [-0.05, 0) is 42.0 Å². The second kappa shape index (κ2) is 5.95. The number of nitrogens with two attached hydrogens (primary N) is 1. The normalized spacial score (nSPS) is 17.8. The first kappa shape index (κ1) is 14.4. The Bertz CT molecular complexity index is 433. The van der Waals surface area contributed by atoms with Gasteiger partial charge >= 0.3 is 0 Å². The topological polar surface area (TPSA) is 55.1 Å². The molecule has 1 aromatic rings. The van der Waals surface area contributed by atoms with E-state index in [0.717, 1.165) is 6.54 Å². The molecule has 0 saturated heterocycles. The summed E-state index contributed by atoms with van der Waals surface area (Å²) in [6, 6.07) is 1.79. The summed E-state index contributed by atoms with van der Waals surface area (Å²) in [5.74, 6) is 0.671. The highest BCUT2D eigenvalue weighted by Crippen LogP contribution is 2.42. The van der Waals surface area contributed by atoms with Crippen LogP contribution in [0.5, 0.6) is 0 Å². The van der Waals surface area contributed by atoms with Crippen LogP contribution in [-0.4, -0.2) is 12.5 Å². The summed E-state index contributed by atoms with van der Waals surface area (Å²) in [5, 5.41) is 4.97. The first-order chi connectivity index (χ1) is 9.02. The van der Waals surface area contributed by atoms with Gasteiger partial charge in [0.15, 0.2) is 0 Å². The van der Waals surface area contributed by atoms with E-state index in [4.69, 9.17) is 5.73 Å². The van der Waals surface area contributed by atoms with E-state index in [9.17, 15) is 4.79 Å². The minimum absolute atomic E-state index is 0.0115. The van der Waals surface area contributed by atoms with Crippen LogP contribution >= 0.6 is 11.3 Å². The summed E-state index contributed by atoms with van der Waals surface area (Å²) in [6.45, 7) is 5.32. The van der Waals surface area contributed by atoms with Crippen LogP contribution in [0.2, 0.25) is 0 Å². The van der Waals surface area contributed by atoms with E-state index in [0.29, 0.717) is 21.9 Å². The fourth-order valence-electron chi connectivity index (χ4n) is 3.30. The number of carbonyl (C=O) groups excluding carboxylic acids is 1. The Balaban J connectivity index is 1.96. The highest BCUT2D eigenvalue weighted by atomic mass is 32.1. The van der Waals surface area contributed by atoms with Crippen LogP contribution in [0.15, 0.2) is 11.4 Å². The minimum Gasteiger partial charge on any atom is -0.397 e. The molecule has 1 aliphatic rings. The number of anilines is 1. The van der Waals surface area contributed by atoms with E-state index in [2.05, 4.69) is 19.2 Å². The van der Waals surface area contributed by atoms with Gasteiger partial charge in [0.05, 0.1) is 5.69 Å². The first-order valence-corrected chi connectivity index (χ1v) is 8.02. The van der Waals surface area contributed by atoms with Crippen molar-refractivity contribution in [2.24, 2.45) is 11.3 Å². The van der Waals surface area contributed by atoms with Crippen LogP contribution in [0.1, 0.15) is 55.6 Å². The van der Waals surface area contributed by atoms with Crippen LogP contribution in [-0.2, 0) is 0 Å². The van der Waals surface area contributed by atoms with Crippen molar-refractivity contribution in [3.8, 4) is 0 Å². The van der Waals surface area contributed by atoms with E-state index < -0.39 is 0 Å². The standard InChI is InChI=1S/C15H24N2OS/c1-11(2)9-15(6-3-4-7-15)10-17-14(18)13-12(16)5-8-19-13/h5,8,11H,3-4,6-7,9-10,16H2,1-2H3,(H,17,18). The molecule has 0 bridgehead atoms. The van der Waals surface area contributed by atoms with Gasteiger partial charge in [-0.2, -0.15) is 0 Å². The molecule has 0 radical (unpaired) electrons. The van der Waals surface area contributed by atoms with Crippen molar-refractivity contribution in [3.05, 3.63) is 16.3 Å². The molecule has 0 unspecified atom stereocenters. The Morgan fingerprint density at radius 2 is 2.16 bits per heavy atom. The third kappa shape index (κ3) is 3.50. The van der Waals surface area contributed by atoms with Crippen molar-refractivity contribution in [2.75, 3.05) is 12.3 Å². The van der Waals surface area contributed by atoms with E-state index in [1.165, 1.54) is 43.4 Å². The molecule has 1 saturated carbocycles. The molecule has 1 amide bonds. The maximum atomic E-state index is 12.1. The average molecular weight is 280 g/mol. The number of rotatable bonds is 5. The highest BCUT2D eigenvalue weighted by Gasteiger charge is 2.34. The molecule has 19 heavy (non-hydrogen) atoms. The highest BCUT2D eigenvalue weighted by molar-refractivity contribution is 7.12. The Kier molecular flexibility index (Phi) is 4.50. The SMILES string of the molecule is CC(C)CC1(CNC(=O)c2sccc2N)CCCC1. The predicted octanol–water partition coefficient (Wildman–Crippen LogP) is 3.67. The lowest BCUT2D eigenvalue weighted by Gasteiger charge is -2.31. The summed E-state index contributed by atoms with van der Waals surface area (Å²) in [4.78, 5) is 12.8. The van der Waals surface area contributed by atoms with Crippen molar-refractivity contribution >= 4 is 22.9 Å². The van der Waals surface area contributed by atoms with Crippen molar-refractivity contribution in [2.45, 2.75) is 46.0 Å². The molecule has 0 spiro atoms. The van der Waals surface area contributed by atoms with E-state index in [1.807, 2.05) is 5.38 Å². The van der Waals surface area contributed by atoms with Crippen molar-refractivity contribution in [3.63, 3.8) is 0 Å². The Hall–Kier alpha value is -1.03. The van der Waals surface area contributed by atoms with Crippen LogP contribution in [0.25, 0.3) is 0 Å². The molecule has 3 N–H and O–H groups in total. The van der Waals surface area contributed by atoms with Gasteiger partial charge in [-0.3, -0.25) is 4.79 Å². The molecule has 1 fully saturated rings. The summed E-state index contributed by atoms with van der Waals surface area (Å²) in [6.07, 6.45) is 6.28. The summed E-state index contributed by atoms with van der Waals surface area (Å²) in [7, 11) is 0. The molecule has 3 nitrogen and oxygen atoms in total. The molecule has 4 heteroatoms. The Morgan fingerprint density at radius 3 is 2.68 bits per heavy atom. The van der Waals surface area contributed by atoms with E-state index in [1.54, 1.807) is 6.07 Å². The fraction of sp³-hybridized carbons (Fsp3) is 0.667. The van der Waals surface area contributed by atoms with E-state index >= 15 is 0 Å². The fourth-order valence-corrected chi connectivity index (χ4v) is 4.03. The number of hydrogen-bond acceptors (Lipinski definition) is 3. The smallest absolute Gasteiger partial charge is 0.263 e. The number of hydrogen-bond donors (Lipinski definition) is 2. The first-order valence-electron chi connectivity index (χ1n) is 7.14. The van der Waals surface area contributed by atoms with Gasteiger partial charge < -0.3 is 11.1 Å². The predicted molar refractivity (Wildman–Crippen MR) is 81.4 cm³/mol. The Morgan fingerprint density at radius 1 is 1.47 bits per heavy atom. The molecular weight excluding hydrogens is 256 g/mol. The lowest BCUT2D eigenvalue weighted by molar-refractivity contribution is 0.0926. The van der Waals surface area contributed by atoms with Crippen LogP contribution in [0.3, 0.4) is 0 Å². The number of nitrogens with one attached hydrogen (secondary N) is 1. The lowest BCUT2D eigenvalue weighted by atomic mass is 9.78. The number of amides is 1. The van der Waals surface area contributed by atoms with Gasteiger partial charge in [0.25, 0.3) is 5.91 Å². The van der Waals surface area contributed by atoms with Gasteiger partial charge in [0, 0.05) is 6.54 Å². The maximum absolute atomic E-state index is 12.1. The van der Waals surface area contributed by atoms with Crippen molar-refractivity contribution in [1.29, 1.82) is 0 Å². The number of carbonyl (C=O) groups is 1. The lowest BCUT2D eigenvalue weighted by Crippen LogP contribution is -2.36. The molecule has 1 heterocycles. The van der Waals surface area contributed by atoms with Gasteiger partial charge in [-0.15, -0.1) is 11.3 Å². The summed E-state index contributed by atoms with van der Waals surface area (Å²) < 4.78 is 0. The van der Waals surface area contributed by atoms with E-state index in [-0.39, 0.29) is 5.91 Å². The van der Waals surface area contributed by atoms with Gasteiger partial charge in [-0.1, -0.05) is 26.7 Å². The molecule has 106 valence electrons. The number of thiophene rings is 1. The van der Waals surface area contributed by atoms with Crippen LogP contribution < -0.4 is 11.1 Å². The zero-order valence-corrected chi connectivity index (χ0v) is 12.7. The molecule has 0 atom stereocenters. The molecule has 1 aliphatic carbocycles. The van der Waals surface area contributed by atoms with Crippen LogP contribution in [0.4, 0.5) is 5.69 Å². The second-order valence-electron chi connectivity index (χ2n) is 6.19. The molecule has 0 aromatic carbocycles. The molecule has 0 aliphatic heterocycles. The van der Waals surface area contributed by atoms with Crippen molar-refractivity contribution in [1.82, 2.24) is 5.32 Å². The maximum Gasteiger partial charge on any atom is 0.263 e. The molecule has 2 rings (SSSR count). The monoisotopic (exact) mass is 280 g/mol. The Labute approximate surface area is 119 Å².